The molecule has 0 unspecified atom stereocenters. The highest BCUT2D eigenvalue weighted by Gasteiger charge is 1.95. The summed E-state index contributed by atoms with van der Waals surface area (Å²) in [6.45, 7) is 11.2. The average Bonchev–Trinajstić information content (AvgIpc) is 2.03. The third-order valence-corrected chi connectivity index (χ3v) is 0.534. The normalized spacial score (nSPS) is 6.64. The van der Waals surface area contributed by atoms with E-state index in [1.165, 1.54) is 12.6 Å². The van der Waals surface area contributed by atoms with Crippen molar-refractivity contribution in [3.63, 3.8) is 0 Å². The molecule has 0 aliphatic heterocycles. The molecule has 0 saturated heterocycles. The van der Waals surface area contributed by atoms with Crippen LogP contribution < -0.4 is 0 Å². The lowest BCUT2D eigenvalue weighted by Crippen LogP contribution is -1.98. The summed E-state index contributed by atoms with van der Waals surface area (Å²) in [4.78, 5) is 10.2. The van der Waals surface area contributed by atoms with Crippen LogP contribution in [0.2, 0.25) is 0 Å². The van der Waals surface area contributed by atoms with Crippen LogP contribution in [0.25, 0.3) is 0 Å². The number of ether oxygens (including phenoxy) is 1. The van der Waals surface area contributed by atoms with Gasteiger partial charge in [-0.25, -0.2) is 4.79 Å². The first-order chi connectivity index (χ1) is 6.33. The Hall–Kier alpha value is -0.440. The summed E-state index contributed by atoms with van der Waals surface area (Å²) in [6.07, 6.45) is 0. The Bertz CT molecular complexity index is 196. The molecule has 0 radical (unpaired) electrons. The molecule has 0 amide bonds. The summed E-state index contributed by atoms with van der Waals surface area (Å²) in [5, 5.41) is 0. The number of carbonyl (C=O) groups is 1. The second-order valence-electron chi connectivity index (χ2n) is 1.76. The van der Waals surface area contributed by atoms with Gasteiger partial charge in [0, 0.05) is 5.57 Å². The Balaban J connectivity index is -0.000000147. The first-order valence-electron chi connectivity index (χ1n) is 3.28. The SMILES string of the molecule is C=C(C)C(=O)OC.C=C(Cl)Cl.C=CCl. The van der Waals surface area contributed by atoms with Crippen molar-refractivity contribution in [1.29, 1.82) is 0 Å². The quantitative estimate of drug-likeness (QED) is 0.525. The van der Waals surface area contributed by atoms with E-state index in [2.05, 4.69) is 24.5 Å². The molecule has 0 aliphatic carbocycles. The molecule has 0 rings (SSSR count). The molecule has 0 N–H and O–H groups in total. The number of esters is 1. The van der Waals surface area contributed by atoms with Gasteiger partial charge in [-0.1, -0.05) is 54.5 Å². The van der Waals surface area contributed by atoms with Crippen molar-refractivity contribution in [1.82, 2.24) is 0 Å². The van der Waals surface area contributed by atoms with E-state index in [0.717, 1.165) is 0 Å². The van der Waals surface area contributed by atoms with Crippen molar-refractivity contribution < 1.29 is 9.53 Å². The smallest absolute Gasteiger partial charge is 0.332 e. The van der Waals surface area contributed by atoms with Gasteiger partial charge >= 0.3 is 5.97 Å². The van der Waals surface area contributed by atoms with Gasteiger partial charge in [-0.3, -0.25) is 0 Å². The number of carbonyl (C=O) groups excluding carboxylic acids is 1. The van der Waals surface area contributed by atoms with E-state index < -0.39 is 0 Å². The molecule has 0 aliphatic rings. The van der Waals surface area contributed by atoms with E-state index in [0.29, 0.717) is 5.57 Å². The largest absolute Gasteiger partial charge is 0.466 e. The van der Waals surface area contributed by atoms with E-state index in [1.54, 1.807) is 6.92 Å². The fourth-order valence-corrected chi connectivity index (χ4v) is 0.174. The van der Waals surface area contributed by atoms with Crippen molar-refractivity contribution in [2.24, 2.45) is 0 Å². The first-order valence-corrected chi connectivity index (χ1v) is 4.47. The molecule has 0 saturated carbocycles. The van der Waals surface area contributed by atoms with Crippen LogP contribution in [-0.2, 0) is 9.53 Å². The second kappa shape index (κ2) is 15.1. The van der Waals surface area contributed by atoms with E-state index >= 15 is 0 Å². The van der Waals surface area contributed by atoms with Crippen LogP contribution in [0.1, 0.15) is 6.92 Å². The third kappa shape index (κ3) is 41.7. The van der Waals surface area contributed by atoms with Crippen molar-refractivity contribution in [2.45, 2.75) is 6.92 Å². The standard InChI is InChI=1S/C5H8O2.C2H2Cl2.C2H3Cl/c1-4(2)5(6)7-3;1-2(3)4;1-2-3/h1H2,2-3H3;1H2;2H,1H2. The van der Waals surface area contributed by atoms with Gasteiger partial charge in [0.2, 0.25) is 0 Å². The van der Waals surface area contributed by atoms with Crippen LogP contribution in [-0.4, -0.2) is 13.1 Å². The van der Waals surface area contributed by atoms with Crippen molar-refractivity contribution in [3.8, 4) is 0 Å². The lowest BCUT2D eigenvalue weighted by atomic mass is 10.4. The Labute approximate surface area is 99.8 Å². The molecule has 0 aromatic carbocycles. The van der Waals surface area contributed by atoms with Gasteiger partial charge in [0.05, 0.1) is 11.6 Å². The summed E-state index contributed by atoms with van der Waals surface area (Å²) in [7, 11) is 1.33. The molecule has 5 heteroatoms. The van der Waals surface area contributed by atoms with Crippen LogP contribution in [0.5, 0.6) is 0 Å². The summed E-state index contributed by atoms with van der Waals surface area (Å²) in [5.74, 6) is -0.347. The monoisotopic (exact) mass is 258 g/mol. The zero-order valence-corrected chi connectivity index (χ0v) is 10.4. The minimum atomic E-state index is -0.347. The molecule has 0 aromatic heterocycles. The van der Waals surface area contributed by atoms with Crippen molar-refractivity contribution in [3.05, 3.63) is 35.3 Å². The molecule has 0 atom stereocenters. The maximum atomic E-state index is 10.2. The van der Waals surface area contributed by atoms with Gasteiger partial charge in [-0.2, -0.15) is 0 Å². The van der Waals surface area contributed by atoms with Crippen LogP contribution in [0.15, 0.2) is 35.3 Å². The van der Waals surface area contributed by atoms with Crippen molar-refractivity contribution >= 4 is 40.8 Å². The first kappa shape index (κ1) is 19.2. The van der Waals surface area contributed by atoms with Crippen LogP contribution in [0, 0.1) is 0 Å². The highest BCUT2D eigenvalue weighted by atomic mass is 35.5. The molecule has 82 valence electrons. The summed E-state index contributed by atoms with van der Waals surface area (Å²) in [5.41, 5.74) is 1.66. The minimum absolute atomic E-state index is 0.111. The molecule has 0 bridgehead atoms. The van der Waals surface area contributed by atoms with Gasteiger partial charge in [-0.15, -0.1) is 0 Å². The average molecular weight is 260 g/mol. The topological polar surface area (TPSA) is 26.3 Å². The van der Waals surface area contributed by atoms with E-state index in [1.807, 2.05) is 0 Å². The maximum Gasteiger partial charge on any atom is 0.332 e. The molecule has 0 heterocycles. The lowest BCUT2D eigenvalue weighted by Gasteiger charge is -1.91. The second-order valence-corrected chi connectivity index (χ2v) is 3.18. The number of methoxy groups -OCH3 is 1. The van der Waals surface area contributed by atoms with Crippen LogP contribution >= 0.6 is 34.8 Å². The predicted molar refractivity (Wildman–Crippen MR) is 63.7 cm³/mol. The van der Waals surface area contributed by atoms with Gasteiger partial charge in [-0.05, 0) is 12.5 Å². The zero-order valence-electron chi connectivity index (χ0n) is 8.15. The van der Waals surface area contributed by atoms with Gasteiger partial charge in [0.25, 0.3) is 0 Å². The zero-order chi connectivity index (χ0) is 12.1. The van der Waals surface area contributed by atoms with Gasteiger partial charge < -0.3 is 4.74 Å². The highest BCUT2D eigenvalue weighted by molar-refractivity contribution is 6.55. The molecule has 2 nitrogen and oxygen atoms in total. The van der Waals surface area contributed by atoms with Crippen LogP contribution in [0.4, 0.5) is 0 Å². The molecule has 0 spiro atoms. The van der Waals surface area contributed by atoms with Gasteiger partial charge in [0.15, 0.2) is 0 Å². The lowest BCUT2D eigenvalue weighted by molar-refractivity contribution is -0.136. The van der Waals surface area contributed by atoms with Gasteiger partial charge in [0.1, 0.15) is 0 Å². The predicted octanol–water partition coefficient (Wildman–Crippen LogP) is 4.04. The van der Waals surface area contributed by atoms with E-state index in [4.69, 9.17) is 34.8 Å². The molecule has 0 fully saturated rings. The van der Waals surface area contributed by atoms with Crippen LogP contribution in [0.3, 0.4) is 0 Å². The number of hydrogen-bond acceptors (Lipinski definition) is 2. The molecule has 0 aromatic rings. The Morgan fingerprint density at radius 2 is 1.57 bits per heavy atom. The minimum Gasteiger partial charge on any atom is -0.466 e. The Morgan fingerprint density at radius 3 is 1.57 bits per heavy atom. The Kier molecular flexibility index (Phi) is 20.6. The summed E-state index contributed by atoms with van der Waals surface area (Å²) in [6, 6.07) is 0. The molecule has 14 heavy (non-hydrogen) atoms. The molecular formula is C9H13Cl3O2. The maximum absolute atomic E-state index is 10.2. The third-order valence-electron chi connectivity index (χ3n) is 0.534. The number of hydrogen-bond donors (Lipinski definition) is 0. The Morgan fingerprint density at radius 1 is 1.36 bits per heavy atom. The van der Waals surface area contributed by atoms with E-state index in [-0.39, 0.29) is 10.5 Å². The molecular weight excluding hydrogens is 246 g/mol. The fourth-order valence-electron chi connectivity index (χ4n) is 0.174. The van der Waals surface area contributed by atoms with E-state index in [9.17, 15) is 4.79 Å². The van der Waals surface area contributed by atoms with Crippen molar-refractivity contribution in [2.75, 3.05) is 7.11 Å². The summed E-state index contributed by atoms with van der Waals surface area (Å²) < 4.78 is 4.38. The number of halogens is 3. The number of rotatable bonds is 1. The summed E-state index contributed by atoms with van der Waals surface area (Å²) >= 11 is 14.5. The highest BCUT2D eigenvalue weighted by Crippen LogP contribution is 1.98. The fraction of sp³-hybridized carbons (Fsp3) is 0.222.